The Morgan fingerprint density at radius 2 is 2.09 bits per heavy atom. The predicted molar refractivity (Wildman–Crippen MR) is 82.1 cm³/mol. The van der Waals surface area contributed by atoms with Gasteiger partial charge in [-0.3, -0.25) is 9.69 Å². The fourth-order valence-electron chi connectivity index (χ4n) is 2.24. The first-order valence-corrected chi connectivity index (χ1v) is 6.93. The molecular formula is C16H15N3O3. The molecule has 0 unspecified atom stereocenters. The summed E-state index contributed by atoms with van der Waals surface area (Å²) < 4.78 is 4.91. The van der Waals surface area contributed by atoms with Crippen molar-refractivity contribution >= 4 is 23.4 Å². The first kappa shape index (κ1) is 14.1. The molecule has 2 amide bonds. The Hall–Kier alpha value is -2.89. The molecule has 1 aromatic carbocycles. The molecule has 2 heterocycles. The van der Waals surface area contributed by atoms with Crippen molar-refractivity contribution in [2.24, 2.45) is 0 Å². The van der Waals surface area contributed by atoms with Gasteiger partial charge in [-0.15, -0.1) is 0 Å². The second-order valence-corrected chi connectivity index (χ2v) is 4.93. The molecule has 1 aliphatic rings. The molecule has 6 nitrogen and oxygen atoms in total. The summed E-state index contributed by atoms with van der Waals surface area (Å²) in [6.07, 6.45) is -0.371. The van der Waals surface area contributed by atoms with Crippen molar-refractivity contribution in [3.63, 3.8) is 0 Å². The maximum atomic E-state index is 12.2. The highest BCUT2D eigenvalue weighted by Crippen LogP contribution is 2.22. The van der Waals surface area contributed by atoms with Gasteiger partial charge >= 0.3 is 6.09 Å². The van der Waals surface area contributed by atoms with E-state index >= 15 is 0 Å². The molecule has 1 fully saturated rings. The van der Waals surface area contributed by atoms with Crippen molar-refractivity contribution < 1.29 is 14.3 Å². The van der Waals surface area contributed by atoms with E-state index in [0.29, 0.717) is 30.2 Å². The topological polar surface area (TPSA) is 71.5 Å². The molecule has 0 aliphatic carbocycles. The highest BCUT2D eigenvalue weighted by atomic mass is 16.6. The van der Waals surface area contributed by atoms with E-state index < -0.39 is 0 Å². The molecule has 6 heteroatoms. The smallest absolute Gasteiger partial charge is 0.414 e. The number of cyclic esters (lactones) is 1. The standard InChI is InChI=1S/C16H15N3O3/c1-11-4-2-7-14(17-11)15(20)18-12-5-3-6-13(10-12)19-8-9-22-16(19)21/h2-7,10H,8-9H2,1H3,(H,18,20). The molecule has 0 spiro atoms. The number of anilines is 2. The zero-order valence-electron chi connectivity index (χ0n) is 12.1. The first-order valence-electron chi connectivity index (χ1n) is 6.93. The fraction of sp³-hybridized carbons (Fsp3) is 0.188. The Morgan fingerprint density at radius 1 is 1.27 bits per heavy atom. The van der Waals surface area contributed by atoms with Gasteiger partial charge in [0.2, 0.25) is 0 Å². The third-order valence-corrected chi connectivity index (χ3v) is 3.30. The number of amides is 2. The second-order valence-electron chi connectivity index (χ2n) is 4.93. The van der Waals surface area contributed by atoms with Crippen molar-refractivity contribution in [2.45, 2.75) is 6.92 Å². The lowest BCUT2D eigenvalue weighted by molar-refractivity contribution is 0.102. The number of aryl methyl sites for hydroxylation is 1. The number of benzene rings is 1. The number of hydrogen-bond acceptors (Lipinski definition) is 4. The minimum absolute atomic E-state index is 0.287. The van der Waals surface area contributed by atoms with Crippen LogP contribution in [0.3, 0.4) is 0 Å². The Bertz CT molecular complexity index is 730. The van der Waals surface area contributed by atoms with E-state index in [4.69, 9.17) is 4.74 Å². The van der Waals surface area contributed by atoms with E-state index in [-0.39, 0.29) is 12.0 Å². The minimum atomic E-state index is -0.371. The van der Waals surface area contributed by atoms with Crippen molar-refractivity contribution in [2.75, 3.05) is 23.4 Å². The zero-order chi connectivity index (χ0) is 15.5. The van der Waals surface area contributed by atoms with Crippen LogP contribution in [0.2, 0.25) is 0 Å². The third-order valence-electron chi connectivity index (χ3n) is 3.30. The van der Waals surface area contributed by atoms with Gasteiger partial charge in [-0.05, 0) is 37.3 Å². The molecule has 0 bridgehead atoms. The number of carbonyl (C=O) groups excluding carboxylic acids is 2. The van der Waals surface area contributed by atoms with E-state index in [1.807, 2.05) is 13.0 Å². The molecule has 3 rings (SSSR count). The van der Waals surface area contributed by atoms with Crippen molar-refractivity contribution in [1.29, 1.82) is 0 Å². The van der Waals surface area contributed by atoms with Crippen LogP contribution in [-0.2, 0) is 4.74 Å². The van der Waals surface area contributed by atoms with Crippen LogP contribution in [0.25, 0.3) is 0 Å². The molecule has 1 aliphatic heterocycles. The molecule has 1 aromatic heterocycles. The van der Waals surface area contributed by atoms with Crippen LogP contribution < -0.4 is 10.2 Å². The van der Waals surface area contributed by atoms with Crippen LogP contribution in [0.4, 0.5) is 16.2 Å². The van der Waals surface area contributed by atoms with Gasteiger partial charge < -0.3 is 10.1 Å². The normalized spacial score (nSPS) is 13.9. The maximum absolute atomic E-state index is 12.2. The Labute approximate surface area is 127 Å². The second kappa shape index (κ2) is 5.85. The lowest BCUT2D eigenvalue weighted by atomic mass is 10.2. The summed E-state index contributed by atoms with van der Waals surface area (Å²) in [5, 5.41) is 2.78. The zero-order valence-corrected chi connectivity index (χ0v) is 12.1. The van der Waals surface area contributed by atoms with Crippen LogP contribution in [0.5, 0.6) is 0 Å². The molecule has 0 radical (unpaired) electrons. The summed E-state index contributed by atoms with van der Waals surface area (Å²) in [6.45, 7) is 2.72. The van der Waals surface area contributed by atoms with Gasteiger partial charge in [-0.2, -0.15) is 0 Å². The maximum Gasteiger partial charge on any atom is 0.414 e. The molecule has 22 heavy (non-hydrogen) atoms. The summed E-state index contributed by atoms with van der Waals surface area (Å²) in [6, 6.07) is 12.3. The van der Waals surface area contributed by atoms with E-state index in [9.17, 15) is 9.59 Å². The number of carbonyl (C=O) groups is 2. The van der Waals surface area contributed by atoms with Crippen molar-refractivity contribution in [1.82, 2.24) is 4.98 Å². The molecular weight excluding hydrogens is 282 g/mol. The summed E-state index contributed by atoms with van der Waals surface area (Å²) in [5.74, 6) is -0.287. The summed E-state index contributed by atoms with van der Waals surface area (Å²) >= 11 is 0. The number of ether oxygens (including phenoxy) is 1. The summed E-state index contributed by atoms with van der Waals surface area (Å²) in [7, 11) is 0. The largest absolute Gasteiger partial charge is 0.447 e. The van der Waals surface area contributed by atoms with Gasteiger partial charge in [0.15, 0.2) is 0 Å². The number of nitrogens with one attached hydrogen (secondary N) is 1. The van der Waals surface area contributed by atoms with Gasteiger partial charge in [-0.25, -0.2) is 9.78 Å². The predicted octanol–water partition coefficient (Wildman–Crippen LogP) is 2.60. The molecule has 0 atom stereocenters. The number of hydrogen-bond donors (Lipinski definition) is 1. The van der Waals surface area contributed by atoms with Gasteiger partial charge in [0.25, 0.3) is 5.91 Å². The number of aromatic nitrogens is 1. The molecule has 112 valence electrons. The van der Waals surface area contributed by atoms with E-state index in [2.05, 4.69) is 10.3 Å². The lowest BCUT2D eigenvalue weighted by Gasteiger charge is -2.14. The van der Waals surface area contributed by atoms with Crippen LogP contribution in [0, 0.1) is 6.92 Å². The first-order chi connectivity index (χ1) is 10.6. The van der Waals surface area contributed by atoms with Crippen molar-refractivity contribution in [3.05, 3.63) is 53.9 Å². The van der Waals surface area contributed by atoms with Crippen LogP contribution in [-0.4, -0.2) is 30.1 Å². The highest BCUT2D eigenvalue weighted by molar-refractivity contribution is 6.03. The molecule has 2 aromatic rings. The number of rotatable bonds is 3. The van der Waals surface area contributed by atoms with Crippen LogP contribution in [0.1, 0.15) is 16.2 Å². The van der Waals surface area contributed by atoms with Crippen molar-refractivity contribution in [3.8, 4) is 0 Å². The SMILES string of the molecule is Cc1cccc(C(=O)Nc2cccc(N3CCOC3=O)c2)n1. The summed E-state index contributed by atoms with van der Waals surface area (Å²) in [4.78, 5) is 29.5. The van der Waals surface area contributed by atoms with Gasteiger partial charge in [0.1, 0.15) is 12.3 Å². The third kappa shape index (κ3) is 2.90. The molecule has 0 saturated carbocycles. The number of nitrogens with zero attached hydrogens (tertiary/aromatic N) is 2. The quantitative estimate of drug-likeness (QED) is 0.945. The van der Waals surface area contributed by atoms with E-state index in [1.54, 1.807) is 36.4 Å². The summed E-state index contributed by atoms with van der Waals surface area (Å²) in [5.41, 5.74) is 2.43. The number of pyridine rings is 1. The van der Waals surface area contributed by atoms with E-state index in [0.717, 1.165) is 5.69 Å². The Kier molecular flexibility index (Phi) is 3.74. The molecule has 1 N–H and O–H groups in total. The Morgan fingerprint density at radius 3 is 2.82 bits per heavy atom. The highest BCUT2D eigenvalue weighted by Gasteiger charge is 2.23. The average molecular weight is 297 g/mol. The van der Waals surface area contributed by atoms with E-state index in [1.165, 1.54) is 4.90 Å². The average Bonchev–Trinajstić information content (AvgIpc) is 2.94. The molecule has 1 saturated heterocycles. The lowest BCUT2D eigenvalue weighted by Crippen LogP contribution is -2.23. The Balaban J connectivity index is 1.78. The van der Waals surface area contributed by atoms with Gasteiger partial charge in [0, 0.05) is 17.1 Å². The van der Waals surface area contributed by atoms with Crippen LogP contribution >= 0.6 is 0 Å². The fourth-order valence-corrected chi connectivity index (χ4v) is 2.24. The van der Waals surface area contributed by atoms with Gasteiger partial charge in [-0.1, -0.05) is 12.1 Å². The van der Waals surface area contributed by atoms with Crippen LogP contribution in [0.15, 0.2) is 42.5 Å². The minimum Gasteiger partial charge on any atom is -0.447 e. The monoisotopic (exact) mass is 297 g/mol. The van der Waals surface area contributed by atoms with Gasteiger partial charge in [0.05, 0.1) is 6.54 Å².